The number of alkyl halides is 3. The molecule has 3 rings (SSSR count). The first-order valence-corrected chi connectivity index (χ1v) is 9.81. The van der Waals surface area contributed by atoms with Gasteiger partial charge >= 0.3 is 6.18 Å². The van der Waals surface area contributed by atoms with Crippen LogP contribution in [0.1, 0.15) is 19.4 Å². The minimum absolute atomic E-state index is 0.0965. The number of halogens is 3. The average molecular weight is 420 g/mol. The second-order valence-electron chi connectivity index (χ2n) is 6.24. The molecule has 0 saturated heterocycles. The number of amides is 1. The van der Waals surface area contributed by atoms with Crippen LogP contribution < -0.4 is 5.32 Å². The van der Waals surface area contributed by atoms with Crippen molar-refractivity contribution in [1.82, 2.24) is 14.8 Å². The first kappa shape index (κ1) is 20.9. The maximum absolute atomic E-state index is 12.8. The average Bonchev–Trinajstić information content (AvgIpc) is 3.10. The van der Waals surface area contributed by atoms with Gasteiger partial charge in [-0.3, -0.25) is 4.79 Å². The van der Waals surface area contributed by atoms with Crippen LogP contribution in [0.4, 0.5) is 18.9 Å². The Balaban J connectivity index is 1.73. The van der Waals surface area contributed by atoms with Crippen LogP contribution in [0.25, 0.3) is 11.4 Å². The number of anilines is 1. The molecule has 1 amide bonds. The van der Waals surface area contributed by atoms with Crippen molar-refractivity contribution in [3.63, 3.8) is 0 Å². The Morgan fingerprint density at radius 1 is 1.14 bits per heavy atom. The fraction of sp³-hybridized carbons (Fsp3) is 0.250. The molecule has 9 heteroatoms. The minimum Gasteiger partial charge on any atom is -0.325 e. The summed E-state index contributed by atoms with van der Waals surface area (Å²) in [6, 6.07) is 14.1. The molecule has 29 heavy (non-hydrogen) atoms. The van der Waals surface area contributed by atoms with Crippen LogP contribution in [0.5, 0.6) is 0 Å². The number of carbonyl (C=O) groups is 1. The Hall–Kier alpha value is -2.81. The van der Waals surface area contributed by atoms with Gasteiger partial charge in [0.25, 0.3) is 0 Å². The zero-order valence-electron chi connectivity index (χ0n) is 15.8. The van der Waals surface area contributed by atoms with E-state index >= 15 is 0 Å². The maximum atomic E-state index is 12.8. The molecule has 0 saturated carbocycles. The highest BCUT2D eigenvalue weighted by molar-refractivity contribution is 8.00. The summed E-state index contributed by atoms with van der Waals surface area (Å²) >= 11 is 1.20. The van der Waals surface area contributed by atoms with Crippen LogP contribution in [-0.2, 0) is 17.5 Å². The Bertz CT molecular complexity index is 989. The maximum Gasteiger partial charge on any atom is 0.416 e. The summed E-state index contributed by atoms with van der Waals surface area (Å²) in [5.41, 5.74) is 0.197. The van der Waals surface area contributed by atoms with E-state index in [9.17, 15) is 18.0 Å². The molecule has 0 aliphatic heterocycles. The van der Waals surface area contributed by atoms with Gasteiger partial charge in [0.15, 0.2) is 11.0 Å². The lowest BCUT2D eigenvalue weighted by molar-refractivity contribution is -0.137. The van der Waals surface area contributed by atoms with Crippen LogP contribution in [0, 0.1) is 0 Å². The fourth-order valence-corrected chi connectivity index (χ4v) is 3.60. The molecule has 2 aromatic carbocycles. The van der Waals surface area contributed by atoms with Gasteiger partial charge in [0.1, 0.15) is 0 Å². The Morgan fingerprint density at radius 2 is 1.86 bits per heavy atom. The predicted octanol–water partition coefficient (Wildman–Crippen LogP) is 5.10. The van der Waals surface area contributed by atoms with Crippen molar-refractivity contribution in [2.24, 2.45) is 0 Å². The largest absolute Gasteiger partial charge is 0.416 e. The van der Waals surface area contributed by atoms with Gasteiger partial charge < -0.3 is 9.88 Å². The van der Waals surface area contributed by atoms with Crippen molar-refractivity contribution in [2.45, 2.75) is 37.0 Å². The lowest BCUT2D eigenvalue weighted by Gasteiger charge is -2.14. The molecule has 5 nitrogen and oxygen atoms in total. The smallest absolute Gasteiger partial charge is 0.325 e. The SMILES string of the molecule is CCn1c(SC(C)C(=O)Nc2cccc(C(F)(F)F)c2)nnc1-c1ccccc1. The molecule has 0 aliphatic carbocycles. The first-order valence-electron chi connectivity index (χ1n) is 8.93. The molecule has 0 bridgehead atoms. The van der Waals surface area contributed by atoms with Gasteiger partial charge in [0.2, 0.25) is 5.91 Å². The monoisotopic (exact) mass is 420 g/mol. The highest BCUT2D eigenvalue weighted by atomic mass is 32.2. The highest BCUT2D eigenvalue weighted by Gasteiger charge is 2.30. The van der Waals surface area contributed by atoms with E-state index in [1.165, 1.54) is 23.9 Å². The molecular weight excluding hydrogens is 401 g/mol. The number of nitrogens with zero attached hydrogens (tertiary/aromatic N) is 3. The molecule has 1 atom stereocenters. The van der Waals surface area contributed by atoms with Gasteiger partial charge in [-0.1, -0.05) is 48.2 Å². The van der Waals surface area contributed by atoms with Crippen molar-refractivity contribution in [1.29, 1.82) is 0 Å². The number of nitrogens with one attached hydrogen (secondary N) is 1. The molecule has 1 heterocycles. The molecule has 0 fully saturated rings. The third-order valence-corrected chi connectivity index (χ3v) is 5.25. The topological polar surface area (TPSA) is 59.8 Å². The Morgan fingerprint density at radius 3 is 2.52 bits per heavy atom. The van der Waals surface area contributed by atoms with E-state index in [1.54, 1.807) is 6.92 Å². The second-order valence-corrected chi connectivity index (χ2v) is 7.55. The molecule has 1 N–H and O–H groups in total. The Kier molecular flexibility index (Phi) is 6.26. The number of rotatable bonds is 6. The minimum atomic E-state index is -4.47. The van der Waals surface area contributed by atoms with Gasteiger partial charge in [0.05, 0.1) is 10.8 Å². The zero-order chi connectivity index (χ0) is 21.0. The van der Waals surface area contributed by atoms with Crippen molar-refractivity contribution in [3.05, 3.63) is 60.2 Å². The fourth-order valence-electron chi connectivity index (χ4n) is 2.69. The summed E-state index contributed by atoms with van der Waals surface area (Å²) in [6.45, 7) is 4.24. The molecule has 0 spiro atoms. The number of hydrogen-bond acceptors (Lipinski definition) is 4. The number of carbonyl (C=O) groups excluding carboxylic acids is 1. The van der Waals surface area contributed by atoms with Crippen LogP contribution in [0.2, 0.25) is 0 Å². The number of thioether (sulfide) groups is 1. The van der Waals surface area contributed by atoms with E-state index in [0.717, 1.165) is 17.7 Å². The summed E-state index contributed by atoms with van der Waals surface area (Å²) < 4.78 is 40.4. The Labute approximate surface area is 170 Å². The predicted molar refractivity (Wildman–Crippen MR) is 107 cm³/mol. The van der Waals surface area contributed by atoms with Crippen LogP contribution in [0.15, 0.2) is 59.8 Å². The molecular formula is C20H19F3N4OS. The molecule has 1 unspecified atom stereocenters. The number of aromatic nitrogens is 3. The van der Waals surface area contributed by atoms with E-state index in [0.29, 0.717) is 17.5 Å². The summed E-state index contributed by atoms with van der Waals surface area (Å²) in [5, 5.41) is 10.9. The van der Waals surface area contributed by atoms with E-state index in [1.807, 2.05) is 41.8 Å². The van der Waals surface area contributed by atoms with E-state index < -0.39 is 22.9 Å². The zero-order valence-corrected chi connectivity index (χ0v) is 16.6. The summed E-state index contributed by atoms with van der Waals surface area (Å²) in [6.07, 6.45) is -4.47. The molecule has 0 radical (unpaired) electrons. The lowest BCUT2D eigenvalue weighted by Crippen LogP contribution is -2.23. The summed E-state index contributed by atoms with van der Waals surface area (Å²) in [5.74, 6) is 0.280. The number of hydrogen-bond donors (Lipinski definition) is 1. The molecule has 3 aromatic rings. The van der Waals surface area contributed by atoms with Crippen molar-refractivity contribution in [3.8, 4) is 11.4 Å². The second kappa shape index (κ2) is 8.69. The van der Waals surface area contributed by atoms with Crippen molar-refractivity contribution >= 4 is 23.4 Å². The highest BCUT2D eigenvalue weighted by Crippen LogP contribution is 2.31. The van der Waals surface area contributed by atoms with E-state index in [-0.39, 0.29) is 5.69 Å². The quantitative estimate of drug-likeness (QED) is 0.564. The molecule has 152 valence electrons. The van der Waals surface area contributed by atoms with Gasteiger partial charge in [-0.25, -0.2) is 0 Å². The third kappa shape index (κ3) is 4.97. The van der Waals surface area contributed by atoms with Crippen LogP contribution in [-0.4, -0.2) is 25.9 Å². The van der Waals surface area contributed by atoms with E-state index in [2.05, 4.69) is 15.5 Å². The van der Waals surface area contributed by atoms with Gasteiger partial charge in [-0.05, 0) is 32.0 Å². The van der Waals surface area contributed by atoms with Crippen LogP contribution in [0.3, 0.4) is 0 Å². The number of benzene rings is 2. The van der Waals surface area contributed by atoms with Crippen molar-refractivity contribution in [2.75, 3.05) is 5.32 Å². The van der Waals surface area contributed by atoms with Gasteiger partial charge in [0, 0.05) is 17.8 Å². The summed E-state index contributed by atoms with van der Waals surface area (Å²) in [7, 11) is 0. The summed E-state index contributed by atoms with van der Waals surface area (Å²) in [4.78, 5) is 12.5. The standard InChI is InChI=1S/C20H19F3N4OS/c1-3-27-17(14-8-5-4-6-9-14)25-26-19(27)29-13(2)18(28)24-16-11-7-10-15(12-16)20(21,22)23/h4-13H,3H2,1-2H3,(H,24,28). The molecule has 0 aliphatic rings. The third-order valence-electron chi connectivity index (χ3n) is 4.17. The normalized spacial score (nSPS) is 12.6. The first-order chi connectivity index (χ1) is 13.8. The van der Waals surface area contributed by atoms with Crippen LogP contribution >= 0.6 is 11.8 Å². The van der Waals surface area contributed by atoms with Gasteiger partial charge in [-0.2, -0.15) is 13.2 Å². The van der Waals surface area contributed by atoms with E-state index in [4.69, 9.17) is 0 Å². The lowest BCUT2D eigenvalue weighted by atomic mass is 10.2. The van der Waals surface area contributed by atoms with Gasteiger partial charge in [-0.15, -0.1) is 10.2 Å². The molecule has 1 aromatic heterocycles. The van der Waals surface area contributed by atoms with Crippen molar-refractivity contribution < 1.29 is 18.0 Å².